The summed E-state index contributed by atoms with van der Waals surface area (Å²) in [6.45, 7) is 0.131. The van der Waals surface area contributed by atoms with Gasteiger partial charge in [-0.2, -0.15) is 5.26 Å². The van der Waals surface area contributed by atoms with E-state index in [0.717, 1.165) is 22.0 Å². The Kier molecular flexibility index (Phi) is 4.77. The minimum atomic E-state index is -0.418. The molecule has 5 heteroatoms. The van der Waals surface area contributed by atoms with E-state index in [1.54, 1.807) is 42.7 Å². The smallest absolute Gasteiger partial charge is 0.339 e. The Labute approximate surface area is 161 Å². The number of carbonyl (C=O) groups is 1. The summed E-state index contributed by atoms with van der Waals surface area (Å²) in [4.78, 5) is 21.5. The lowest BCUT2D eigenvalue weighted by Gasteiger charge is -2.10. The molecule has 5 nitrogen and oxygen atoms in total. The van der Waals surface area contributed by atoms with Crippen molar-refractivity contribution in [3.05, 3.63) is 95.8 Å². The van der Waals surface area contributed by atoms with Gasteiger partial charge in [-0.3, -0.25) is 4.98 Å². The first-order chi connectivity index (χ1) is 13.7. The number of nitrogens with zero attached hydrogens (tertiary/aromatic N) is 3. The summed E-state index contributed by atoms with van der Waals surface area (Å²) in [6.07, 6.45) is 3.38. The van der Waals surface area contributed by atoms with Crippen molar-refractivity contribution in [2.24, 2.45) is 0 Å². The lowest BCUT2D eigenvalue weighted by atomic mass is 10.0. The Hall–Kier alpha value is -4.04. The molecular weight excluding hydrogens is 350 g/mol. The molecule has 0 unspecified atom stereocenters. The van der Waals surface area contributed by atoms with Crippen molar-refractivity contribution in [2.75, 3.05) is 0 Å². The van der Waals surface area contributed by atoms with Crippen LogP contribution in [0.25, 0.3) is 22.2 Å². The van der Waals surface area contributed by atoms with Crippen molar-refractivity contribution >= 4 is 16.9 Å². The zero-order chi connectivity index (χ0) is 19.3. The molecule has 0 saturated heterocycles. The first-order valence-corrected chi connectivity index (χ1v) is 8.71. The monoisotopic (exact) mass is 365 g/mol. The first-order valence-electron chi connectivity index (χ1n) is 8.71. The maximum atomic E-state index is 12.8. The number of para-hydroxylation sites is 1. The van der Waals surface area contributed by atoms with E-state index < -0.39 is 5.97 Å². The van der Waals surface area contributed by atoms with Crippen molar-refractivity contribution in [3.8, 4) is 17.3 Å². The highest BCUT2D eigenvalue weighted by molar-refractivity contribution is 6.04. The number of aromatic nitrogens is 2. The Morgan fingerprint density at radius 1 is 1.00 bits per heavy atom. The number of nitriles is 1. The molecular formula is C23H15N3O2. The second-order valence-electron chi connectivity index (χ2n) is 6.19. The molecule has 0 saturated carbocycles. The molecule has 0 spiro atoms. The van der Waals surface area contributed by atoms with Crippen molar-refractivity contribution < 1.29 is 9.53 Å². The summed E-state index contributed by atoms with van der Waals surface area (Å²) in [7, 11) is 0. The van der Waals surface area contributed by atoms with E-state index in [9.17, 15) is 4.79 Å². The summed E-state index contributed by atoms with van der Waals surface area (Å²) < 4.78 is 5.52. The Morgan fingerprint density at radius 2 is 1.75 bits per heavy atom. The topological polar surface area (TPSA) is 75.9 Å². The third kappa shape index (κ3) is 3.57. The van der Waals surface area contributed by atoms with Gasteiger partial charge in [0.15, 0.2) is 0 Å². The number of esters is 1. The maximum Gasteiger partial charge on any atom is 0.339 e. The highest BCUT2D eigenvalue weighted by Gasteiger charge is 2.15. The Bertz CT molecular complexity index is 1180. The average molecular weight is 365 g/mol. The zero-order valence-corrected chi connectivity index (χ0v) is 14.9. The molecule has 0 atom stereocenters. The summed E-state index contributed by atoms with van der Waals surface area (Å²) in [5, 5.41) is 9.61. The van der Waals surface area contributed by atoms with E-state index in [-0.39, 0.29) is 6.61 Å². The van der Waals surface area contributed by atoms with E-state index in [1.165, 1.54) is 0 Å². The molecule has 0 N–H and O–H groups in total. The van der Waals surface area contributed by atoms with Crippen LogP contribution in [0.3, 0.4) is 0 Å². The second kappa shape index (κ2) is 7.68. The van der Waals surface area contributed by atoms with Gasteiger partial charge in [0, 0.05) is 23.3 Å². The van der Waals surface area contributed by atoms with Gasteiger partial charge in [-0.25, -0.2) is 9.78 Å². The van der Waals surface area contributed by atoms with Gasteiger partial charge in [-0.15, -0.1) is 0 Å². The summed E-state index contributed by atoms with van der Waals surface area (Å²) in [5.41, 5.74) is 4.14. The van der Waals surface area contributed by atoms with Gasteiger partial charge >= 0.3 is 5.97 Å². The van der Waals surface area contributed by atoms with E-state index in [2.05, 4.69) is 16.0 Å². The molecule has 0 amide bonds. The van der Waals surface area contributed by atoms with Crippen LogP contribution in [0.2, 0.25) is 0 Å². The Morgan fingerprint density at radius 3 is 2.50 bits per heavy atom. The third-order valence-electron chi connectivity index (χ3n) is 4.37. The number of hydrogen-bond acceptors (Lipinski definition) is 5. The van der Waals surface area contributed by atoms with Gasteiger partial charge in [0.1, 0.15) is 6.61 Å². The molecule has 0 aliphatic carbocycles. The van der Waals surface area contributed by atoms with Crippen molar-refractivity contribution in [1.29, 1.82) is 5.26 Å². The first kappa shape index (κ1) is 17.4. The molecule has 0 radical (unpaired) electrons. The van der Waals surface area contributed by atoms with E-state index in [4.69, 9.17) is 10.00 Å². The highest BCUT2D eigenvalue weighted by Crippen LogP contribution is 2.25. The maximum absolute atomic E-state index is 12.8. The molecule has 2 aromatic heterocycles. The van der Waals surface area contributed by atoms with Gasteiger partial charge in [0.25, 0.3) is 0 Å². The van der Waals surface area contributed by atoms with Crippen molar-refractivity contribution in [2.45, 2.75) is 6.61 Å². The fraction of sp³-hybridized carbons (Fsp3) is 0.0435. The zero-order valence-electron chi connectivity index (χ0n) is 14.9. The van der Waals surface area contributed by atoms with Gasteiger partial charge in [0.2, 0.25) is 0 Å². The van der Waals surface area contributed by atoms with Crippen molar-refractivity contribution in [1.82, 2.24) is 9.97 Å². The third-order valence-corrected chi connectivity index (χ3v) is 4.37. The fourth-order valence-electron chi connectivity index (χ4n) is 2.92. The minimum Gasteiger partial charge on any atom is -0.457 e. The normalized spacial score (nSPS) is 10.4. The fourth-order valence-corrected chi connectivity index (χ4v) is 2.92. The minimum absolute atomic E-state index is 0.131. The number of pyridine rings is 2. The predicted octanol–water partition coefficient (Wildman–Crippen LogP) is 4.53. The van der Waals surface area contributed by atoms with Crippen LogP contribution in [0.15, 0.2) is 79.1 Å². The molecule has 4 rings (SSSR count). The number of rotatable bonds is 4. The number of fused-ring (bicyclic) bond motifs is 1. The van der Waals surface area contributed by atoms with Crippen LogP contribution in [-0.4, -0.2) is 15.9 Å². The number of carbonyl (C=O) groups excluding carboxylic acids is 1. The van der Waals surface area contributed by atoms with Crippen LogP contribution in [0.4, 0.5) is 0 Å². The standard InChI is InChI=1S/C23H15N3O2/c24-14-16-5-7-17(8-6-16)15-28-23(27)20-13-22(18-9-11-25-12-10-18)26-21-4-2-1-3-19(20)21/h1-13H,15H2. The Balaban J connectivity index is 1.66. The molecule has 4 aromatic rings. The average Bonchev–Trinajstić information content (AvgIpc) is 2.77. The highest BCUT2D eigenvalue weighted by atomic mass is 16.5. The largest absolute Gasteiger partial charge is 0.457 e. The lowest BCUT2D eigenvalue weighted by molar-refractivity contribution is 0.0475. The molecule has 0 aliphatic heterocycles. The van der Waals surface area contributed by atoms with Gasteiger partial charge < -0.3 is 4.74 Å². The van der Waals surface area contributed by atoms with E-state index in [1.807, 2.05) is 36.4 Å². The van der Waals surface area contributed by atoms with Gasteiger partial charge in [0.05, 0.1) is 28.4 Å². The second-order valence-corrected chi connectivity index (χ2v) is 6.19. The quantitative estimate of drug-likeness (QED) is 0.497. The number of hydrogen-bond donors (Lipinski definition) is 0. The van der Waals surface area contributed by atoms with Crippen LogP contribution in [-0.2, 0) is 11.3 Å². The van der Waals surface area contributed by atoms with Crippen LogP contribution in [0.1, 0.15) is 21.5 Å². The lowest BCUT2D eigenvalue weighted by Crippen LogP contribution is -2.07. The van der Waals surface area contributed by atoms with E-state index >= 15 is 0 Å². The molecule has 2 heterocycles. The number of ether oxygens (including phenoxy) is 1. The van der Waals surface area contributed by atoms with Crippen LogP contribution in [0.5, 0.6) is 0 Å². The number of benzene rings is 2. The summed E-state index contributed by atoms with van der Waals surface area (Å²) >= 11 is 0. The molecule has 0 aliphatic rings. The molecule has 28 heavy (non-hydrogen) atoms. The molecule has 134 valence electrons. The van der Waals surface area contributed by atoms with Gasteiger partial charge in [-0.05, 0) is 42.0 Å². The van der Waals surface area contributed by atoms with Gasteiger partial charge in [-0.1, -0.05) is 30.3 Å². The SMILES string of the molecule is N#Cc1ccc(COC(=O)c2cc(-c3ccncc3)nc3ccccc23)cc1. The summed E-state index contributed by atoms with van der Waals surface area (Å²) in [5.74, 6) is -0.418. The van der Waals surface area contributed by atoms with Crippen LogP contribution in [0, 0.1) is 11.3 Å². The van der Waals surface area contributed by atoms with Crippen LogP contribution >= 0.6 is 0 Å². The summed E-state index contributed by atoms with van der Waals surface area (Å²) in [6, 6.07) is 22.0. The molecule has 0 fully saturated rings. The predicted molar refractivity (Wildman–Crippen MR) is 105 cm³/mol. The molecule has 2 aromatic carbocycles. The van der Waals surface area contributed by atoms with Crippen molar-refractivity contribution in [3.63, 3.8) is 0 Å². The van der Waals surface area contributed by atoms with Crippen LogP contribution < -0.4 is 0 Å². The van der Waals surface area contributed by atoms with E-state index in [0.29, 0.717) is 16.8 Å². The molecule has 0 bridgehead atoms.